The number of aromatic nitrogens is 3. The Balaban J connectivity index is 1.13. The van der Waals surface area contributed by atoms with E-state index in [1.54, 1.807) is 0 Å². The highest BCUT2D eigenvalue weighted by molar-refractivity contribution is 6.19. The minimum atomic E-state index is 0.641. The van der Waals surface area contributed by atoms with Crippen molar-refractivity contribution < 1.29 is 4.42 Å². The zero-order chi connectivity index (χ0) is 31.2. The van der Waals surface area contributed by atoms with Crippen molar-refractivity contribution in [3.63, 3.8) is 0 Å². The molecule has 9 rings (SSSR count). The van der Waals surface area contributed by atoms with Crippen molar-refractivity contribution in [2.45, 2.75) is 0 Å². The molecular formula is C43H27N3O. The Morgan fingerprint density at radius 3 is 1.62 bits per heavy atom. The van der Waals surface area contributed by atoms with Crippen LogP contribution in [0.4, 0.5) is 0 Å². The molecule has 4 nitrogen and oxygen atoms in total. The van der Waals surface area contributed by atoms with Crippen LogP contribution in [0.25, 0.3) is 89.1 Å². The lowest BCUT2D eigenvalue weighted by atomic mass is 9.95. The van der Waals surface area contributed by atoms with Crippen LogP contribution in [0.5, 0.6) is 0 Å². The number of hydrogen-bond donors (Lipinski definition) is 0. The van der Waals surface area contributed by atoms with Crippen molar-refractivity contribution in [1.82, 2.24) is 15.0 Å². The highest BCUT2D eigenvalue weighted by Crippen LogP contribution is 2.38. The Bertz CT molecular complexity index is 2500. The molecule has 0 unspecified atom stereocenters. The van der Waals surface area contributed by atoms with Gasteiger partial charge >= 0.3 is 0 Å². The van der Waals surface area contributed by atoms with E-state index in [0.29, 0.717) is 17.5 Å². The van der Waals surface area contributed by atoms with Crippen molar-refractivity contribution in [2.75, 3.05) is 0 Å². The fourth-order valence-electron chi connectivity index (χ4n) is 6.43. The maximum Gasteiger partial charge on any atom is 0.164 e. The van der Waals surface area contributed by atoms with E-state index in [4.69, 9.17) is 19.4 Å². The standard InChI is InChI=1S/C43H27N3O/c1-3-12-31(13-4-1)41-44-42(32-14-5-2-6-15-32)46-43(45-41)36-18-10-9-16-34(36)30-21-19-28(20-22-30)33-24-25-38-37(27-33)40-35-17-8-7-11-29(35)23-26-39(40)47-38/h1-27H. The molecule has 0 aliphatic carbocycles. The monoisotopic (exact) mass is 601 g/mol. The van der Waals surface area contributed by atoms with Gasteiger partial charge in [0, 0.05) is 27.5 Å². The van der Waals surface area contributed by atoms with Crippen LogP contribution in [0, 0.1) is 0 Å². The lowest BCUT2D eigenvalue weighted by Gasteiger charge is -2.12. The molecule has 7 aromatic carbocycles. The average Bonchev–Trinajstić information content (AvgIpc) is 3.54. The zero-order valence-corrected chi connectivity index (χ0v) is 25.3. The SMILES string of the molecule is c1ccc(-c2nc(-c3ccccc3)nc(-c3ccccc3-c3ccc(-c4ccc5oc6ccc7ccccc7c6c5c4)cc3)n2)cc1. The summed E-state index contributed by atoms with van der Waals surface area (Å²) >= 11 is 0. The Hall–Kier alpha value is -6.39. The molecule has 2 heterocycles. The highest BCUT2D eigenvalue weighted by Gasteiger charge is 2.16. The van der Waals surface area contributed by atoms with Gasteiger partial charge in [0.2, 0.25) is 0 Å². The minimum Gasteiger partial charge on any atom is -0.456 e. The van der Waals surface area contributed by atoms with E-state index < -0.39 is 0 Å². The molecule has 0 atom stereocenters. The summed E-state index contributed by atoms with van der Waals surface area (Å²) in [5.74, 6) is 1.94. The van der Waals surface area contributed by atoms with Crippen LogP contribution >= 0.6 is 0 Å². The fraction of sp³-hybridized carbons (Fsp3) is 0. The Kier molecular flexibility index (Phi) is 6.43. The van der Waals surface area contributed by atoms with Crippen molar-refractivity contribution in [1.29, 1.82) is 0 Å². The molecule has 2 aromatic heterocycles. The third-order valence-electron chi connectivity index (χ3n) is 8.76. The summed E-state index contributed by atoms with van der Waals surface area (Å²) in [6.45, 7) is 0. The number of fused-ring (bicyclic) bond motifs is 5. The quantitative estimate of drug-likeness (QED) is 0.197. The van der Waals surface area contributed by atoms with Gasteiger partial charge in [0.05, 0.1) is 0 Å². The third kappa shape index (κ3) is 4.84. The second-order valence-electron chi connectivity index (χ2n) is 11.6. The molecule has 0 spiro atoms. The van der Waals surface area contributed by atoms with E-state index in [1.165, 1.54) is 10.8 Å². The summed E-state index contributed by atoms with van der Waals surface area (Å²) in [5.41, 5.74) is 9.09. The van der Waals surface area contributed by atoms with E-state index in [2.05, 4.69) is 97.1 Å². The van der Waals surface area contributed by atoms with Crippen LogP contribution in [0.3, 0.4) is 0 Å². The topological polar surface area (TPSA) is 51.8 Å². The van der Waals surface area contributed by atoms with Gasteiger partial charge in [-0.25, -0.2) is 15.0 Å². The number of benzene rings is 7. The van der Waals surface area contributed by atoms with E-state index in [-0.39, 0.29) is 0 Å². The van der Waals surface area contributed by atoms with Crippen molar-refractivity contribution in [2.24, 2.45) is 0 Å². The second-order valence-corrected chi connectivity index (χ2v) is 11.6. The van der Waals surface area contributed by atoms with E-state index in [1.807, 2.05) is 66.7 Å². The summed E-state index contributed by atoms with van der Waals surface area (Å²) in [7, 11) is 0. The third-order valence-corrected chi connectivity index (χ3v) is 8.76. The molecule has 0 N–H and O–H groups in total. The Morgan fingerprint density at radius 1 is 0.340 bits per heavy atom. The van der Waals surface area contributed by atoms with Crippen molar-refractivity contribution >= 4 is 32.7 Å². The summed E-state index contributed by atoms with van der Waals surface area (Å²) in [6.07, 6.45) is 0. The Labute approximate surface area is 271 Å². The lowest BCUT2D eigenvalue weighted by molar-refractivity contribution is 0.669. The van der Waals surface area contributed by atoms with Crippen molar-refractivity contribution in [3.05, 3.63) is 164 Å². The largest absolute Gasteiger partial charge is 0.456 e. The molecule has 47 heavy (non-hydrogen) atoms. The van der Waals surface area contributed by atoms with E-state index in [9.17, 15) is 0 Å². The van der Waals surface area contributed by atoms with Crippen LogP contribution in [0.2, 0.25) is 0 Å². The molecule has 0 fully saturated rings. The smallest absolute Gasteiger partial charge is 0.164 e. The summed E-state index contributed by atoms with van der Waals surface area (Å²) in [4.78, 5) is 14.9. The molecular weight excluding hydrogens is 574 g/mol. The molecule has 0 aliphatic heterocycles. The summed E-state index contributed by atoms with van der Waals surface area (Å²) < 4.78 is 6.24. The first-order chi connectivity index (χ1) is 23.3. The summed E-state index contributed by atoms with van der Waals surface area (Å²) in [5, 5.41) is 4.70. The maximum absolute atomic E-state index is 6.24. The molecule has 4 heteroatoms. The molecule has 0 amide bonds. The fourth-order valence-corrected chi connectivity index (χ4v) is 6.43. The van der Waals surface area contributed by atoms with Crippen LogP contribution < -0.4 is 0 Å². The molecule has 0 saturated carbocycles. The van der Waals surface area contributed by atoms with Crippen LogP contribution in [-0.4, -0.2) is 15.0 Å². The summed E-state index contributed by atoms with van der Waals surface area (Å²) in [6, 6.07) is 56.3. The molecule has 0 saturated heterocycles. The lowest BCUT2D eigenvalue weighted by Crippen LogP contribution is -2.01. The maximum atomic E-state index is 6.24. The molecule has 9 aromatic rings. The van der Waals surface area contributed by atoms with Crippen LogP contribution in [0.1, 0.15) is 0 Å². The molecule has 0 radical (unpaired) electrons. The first-order valence-electron chi connectivity index (χ1n) is 15.7. The van der Waals surface area contributed by atoms with Gasteiger partial charge in [-0.05, 0) is 51.2 Å². The van der Waals surface area contributed by atoms with Gasteiger partial charge in [0.25, 0.3) is 0 Å². The van der Waals surface area contributed by atoms with Gasteiger partial charge in [-0.3, -0.25) is 0 Å². The number of nitrogens with zero attached hydrogens (tertiary/aromatic N) is 3. The van der Waals surface area contributed by atoms with Gasteiger partial charge < -0.3 is 4.42 Å². The second kappa shape index (κ2) is 11.2. The van der Waals surface area contributed by atoms with Gasteiger partial charge in [-0.1, -0.05) is 146 Å². The first-order valence-corrected chi connectivity index (χ1v) is 15.7. The van der Waals surface area contributed by atoms with Gasteiger partial charge in [-0.15, -0.1) is 0 Å². The predicted molar refractivity (Wildman–Crippen MR) is 192 cm³/mol. The Morgan fingerprint density at radius 2 is 0.894 bits per heavy atom. The van der Waals surface area contributed by atoms with Gasteiger partial charge in [0.15, 0.2) is 17.5 Å². The normalized spacial score (nSPS) is 11.4. The zero-order valence-electron chi connectivity index (χ0n) is 25.3. The number of hydrogen-bond acceptors (Lipinski definition) is 4. The average molecular weight is 602 g/mol. The minimum absolute atomic E-state index is 0.641. The number of rotatable bonds is 5. The molecule has 0 bridgehead atoms. The first kappa shape index (κ1) is 27.0. The van der Waals surface area contributed by atoms with E-state index in [0.717, 1.165) is 60.9 Å². The van der Waals surface area contributed by atoms with Crippen LogP contribution in [-0.2, 0) is 0 Å². The van der Waals surface area contributed by atoms with Gasteiger partial charge in [-0.2, -0.15) is 0 Å². The molecule has 220 valence electrons. The van der Waals surface area contributed by atoms with Crippen molar-refractivity contribution in [3.8, 4) is 56.4 Å². The van der Waals surface area contributed by atoms with Gasteiger partial charge in [0.1, 0.15) is 11.2 Å². The molecule has 0 aliphatic rings. The number of furan rings is 1. The van der Waals surface area contributed by atoms with Crippen LogP contribution in [0.15, 0.2) is 168 Å². The predicted octanol–water partition coefficient (Wildman–Crippen LogP) is 11.3. The highest BCUT2D eigenvalue weighted by atomic mass is 16.3. The van der Waals surface area contributed by atoms with E-state index >= 15 is 0 Å².